The minimum Gasteiger partial charge on any atom is -0.308 e. The van der Waals surface area contributed by atoms with E-state index in [9.17, 15) is 0 Å². The van der Waals surface area contributed by atoms with Gasteiger partial charge in [0.05, 0.1) is 3.79 Å². The van der Waals surface area contributed by atoms with Crippen molar-refractivity contribution >= 4 is 38.9 Å². The Bertz CT molecular complexity index is 272. The Balaban J connectivity index is 2.29. The third-order valence-corrected chi connectivity index (χ3v) is 2.95. The number of hydrogen-bond donors (Lipinski definition) is 1. The van der Waals surface area contributed by atoms with Gasteiger partial charge in [0.1, 0.15) is 0 Å². The molecule has 1 heterocycles. The fraction of sp³-hybridized carbons (Fsp3) is 0.250. The van der Waals surface area contributed by atoms with Gasteiger partial charge in [0, 0.05) is 18.1 Å². The Morgan fingerprint density at radius 1 is 1.75 bits per heavy atom. The topological polar surface area (TPSA) is 12.0 Å². The molecule has 0 aromatic carbocycles. The van der Waals surface area contributed by atoms with E-state index in [2.05, 4.69) is 39.3 Å². The molecule has 1 aromatic heterocycles. The molecule has 0 aliphatic rings. The van der Waals surface area contributed by atoms with Gasteiger partial charge in [-0.15, -0.1) is 11.3 Å². The van der Waals surface area contributed by atoms with Crippen LogP contribution in [-0.2, 0) is 6.54 Å². The van der Waals surface area contributed by atoms with Gasteiger partial charge in [0.25, 0.3) is 0 Å². The molecular formula is C8H9BrClNS. The molecule has 0 radical (unpaired) electrons. The van der Waals surface area contributed by atoms with Crippen molar-refractivity contribution in [3.05, 3.63) is 32.4 Å². The lowest BCUT2D eigenvalue weighted by Crippen LogP contribution is -2.13. The van der Waals surface area contributed by atoms with Crippen LogP contribution in [0.3, 0.4) is 0 Å². The summed E-state index contributed by atoms with van der Waals surface area (Å²) in [5.74, 6) is 0. The summed E-state index contributed by atoms with van der Waals surface area (Å²) in [5, 5.41) is 5.92. The first-order chi connectivity index (χ1) is 5.68. The van der Waals surface area contributed by atoms with Crippen LogP contribution in [0.25, 0.3) is 0 Å². The summed E-state index contributed by atoms with van der Waals surface area (Å²) in [6.45, 7) is 5.09. The Labute approximate surface area is 89.6 Å². The molecule has 66 valence electrons. The average molecular weight is 267 g/mol. The lowest BCUT2D eigenvalue weighted by Gasteiger charge is -1.99. The minimum atomic E-state index is 0.643. The molecule has 0 unspecified atom stereocenters. The van der Waals surface area contributed by atoms with E-state index >= 15 is 0 Å². The lowest BCUT2D eigenvalue weighted by molar-refractivity contribution is 0.757. The summed E-state index contributed by atoms with van der Waals surface area (Å²) in [6.07, 6.45) is 0. The van der Waals surface area contributed by atoms with Crippen molar-refractivity contribution < 1.29 is 0 Å². The molecular weight excluding hydrogens is 258 g/mol. The fourth-order valence-electron chi connectivity index (χ4n) is 0.781. The molecule has 0 aliphatic heterocycles. The van der Waals surface area contributed by atoms with Gasteiger partial charge >= 0.3 is 0 Å². The zero-order valence-corrected chi connectivity index (χ0v) is 9.60. The Kier molecular flexibility index (Phi) is 4.29. The molecule has 0 saturated carbocycles. The summed E-state index contributed by atoms with van der Waals surface area (Å²) in [5.41, 5.74) is 1.27. The first kappa shape index (κ1) is 10.3. The molecule has 0 amide bonds. The lowest BCUT2D eigenvalue weighted by atomic mass is 10.3. The Morgan fingerprint density at radius 2 is 2.50 bits per heavy atom. The molecule has 0 fully saturated rings. The van der Waals surface area contributed by atoms with E-state index in [0.717, 1.165) is 10.3 Å². The maximum absolute atomic E-state index is 5.59. The van der Waals surface area contributed by atoms with Crippen LogP contribution in [0.15, 0.2) is 26.8 Å². The summed E-state index contributed by atoms with van der Waals surface area (Å²) in [7, 11) is 0. The van der Waals surface area contributed by atoms with Crippen molar-refractivity contribution in [2.24, 2.45) is 0 Å². The van der Waals surface area contributed by atoms with Gasteiger partial charge in [-0.05, 0) is 32.9 Å². The van der Waals surface area contributed by atoms with E-state index in [1.165, 1.54) is 5.56 Å². The van der Waals surface area contributed by atoms with Crippen molar-refractivity contribution in [3.63, 3.8) is 0 Å². The summed E-state index contributed by atoms with van der Waals surface area (Å²) < 4.78 is 1.16. The minimum absolute atomic E-state index is 0.643. The van der Waals surface area contributed by atoms with Crippen LogP contribution in [0, 0.1) is 0 Å². The zero-order chi connectivity index (χ0) is 8.97. The van der Waals surface area contributed by atoms with Gasteiger partial charge in [-0.1, -0.05) is 18.2 Å². The van der Waals surface area contributed by atoms with Crippen molar-refractivity contribution in [3.8, 4) is 0 Å². The van der Waals surface area contributed by atoms with Crippen molar-refractivity contribution in [1.82, 2.24) is 5.32 Å². The predicted octanol–water partition coefficient (Wildman–Crippen LogP) is 3.35. The van der Waals surface area contributed by atoms with Crippen LogP contribution < -0.4 is 5.32 Å². The first-order valence-corrected chi connectivity index (χ1v) is 5.50. The second-order valence-electron chi connectivity index (χ2n) is 2.38. The Hall–Kier alpha value is 0.170. The SMILES string of the molecule is C=C(Cl)CNCc1csc(Br)c1. The molecule has 0 aliphatic carbocycles. The van der Waals surface area contributed by atoms with E-state index in [0.29, 0.717) is 11.6 Å². The fourth-order valence-corrected chi connectivity index (χ4v) is 2.08. The summed E-state index contributed by atoms with van der Waals surface area (Å²) in [4.78, 5) is 0. The molecule has 0 saturated heterocycles. The highest BCUT2D eigenvalue weighted by Gasteiger charge is 1.96. The highest BCUT2D eigenvalue weighted by molar-refractivity contribution is 9.11. The van der Waals surface area contributed by atoms with Crippen LogP contribution >= 0.6 is 38.9 Å². The van der Waals surface area contributed by atoms with E-state index in [4.69, 9.17) is 11.6 Å². The van der Waals surface area contributed by atoms with Crippen LogP contribution in [-0.4, -0.2) is 6.54 Å². The van der Waals surface area contributed by atoms with Crippen molar-refractivity contribution in [2.75, 3.05) is 6.54 Å². The summed E-state index contributed by atoms with van der Waals surface area (Å²) in [6, 6.07) is 2.09. The molecule has 4 heteroatoms. The number of rotatable bonds is 4. The second kappa shape index (κ2) is 5.02. The molecule has 0 bridgehead atoms. The van der Waals surface area contributed by atoms with Crippen molar-refractivity contribution in [1.29, 1.82) is 0 Å². The maximum atomic E-state index is 5.59. The average Bonchev–Trinajstić information content (AvgIpc) is 2.35. The van der Waals surface area contributed by atoms with E-state index in [-0.39, 0.29) is 0 Å². The van der Waals surface area contributed by atoms with Crippen LogP contribution in [0.1, 0.15) is 5.56 Å². The third-order valence-electron chi connectivity index (χ3n) is 1.27. The quantitative estimate of drug-likeness (QED) is 0.881. The normalized spacial score (nSPS) is 10.2. The monoisotopic (exact) mass is 265 g/mol. The zero-order valence-electron chi connectivity index (χ0n) is 6.44. The highest BCUT2D eigenvalue weighted by Crippen LogP contribution is 2.20. The molecule has 1 nitrogen and oxygen atoms in total. The molecule has 0 spiro atoms. The standard InChI is InChI=1S/C8H9BrClNS/c1-6(10)3-11-4-7-2-8(9)12-5-7/h2,5,11H,1,3-4H2. The van der Waals surface area contributed by atoms with Gasteiger partial charge < -0.3 is 5.32 Å². The van der Waals surface area contributed by atoms with Gasteiger partial charge in [0.15, 0.2) is 0 Å². The highest BCUT2D eigenvalue weighted by atomic mass is 79.9. The van der Waals surface area contributed by atoms with Gasteiger partial charge in [0.2, 0.25) is 0 Å². The molecule has 12 heavy (non-hydrogen) atoms. The van der Waals surface area contributed by atoms with E-state index < -0.39 is 0 Å². The van der Waals surface area contributed by atoms with Gasteiger partial charge in [-0.25, -0.2) is 0 Å². The van der Waals surface area contributed by atoms with Crippen molar-refractivity contribution in [2.45, 2.75) is 6.54 Å². The van der Waals surface area contributed by atoms with Crippen LogP contribution in [0.2, 0.25) is 0 Å². The van der Waals surface area contributed by atoms with E-state index in [1.54, 1.807) is 11.3 Å². The number of nitrogens with one attached hydrogen (secondary N) is 1. The molecule has 1 rings (SSSR count). The number of halogens is 2. The first-order valence-electron chi connectivity index (χ1n) is 3.45. The van der Waals surface area contributed by atoms with Crippen LogP contribution in [0.4, 0.5) is 0 Å². The molecule has 0 atom stereocenters. The van der Waals surface area contributed by atoms with Gasteiger partial charge in [-0.2, -0.15) is 0 Å². The van der Waals surface area contributed by atoms with Gasteiger partial charge in [-0.3, -0.25) is 0 Å². The number of thiophene rings is 1. The Morgan fingerprint density at radius 3 is 3.00 bits per heavy atom. The molecule has 1 N–H and O–H groups in total. The molecule has 1 aromatic rings. The predicted molar refractivity (Wildman–Crippen MR) is 58.7 cm³/mol. The number of hydrogen-bond acceptors (Lipinski definition) is 2. The second-order valence-corrected chi connectivity index (χ2v) is 5.20. The maximum Gasteiger partial charge on any atom is 0.0701 e. The smallest absolute Gasteiger partial charge is 0.0701 e. The summed E-state index contributed by atoms with van der Waals surface area (Å²) >= 11 is 10.7. The largest absolute Gasteiger partial charge is 0.308 e. The third kappa shape index (κ3) is 3.72. The van der Waals surface area contributed by atoms with Crippen LogP contribution in [0.5, 0.6) is 0 Å². The van der Waals surface area contributed by atoms with E-state index in [1.807, 2.05) is 0 Å².